The first kappa shape index (κ1) is 12.5. The monoisotopic (exact) mass is 238 g/mol. The maximum atomic E-state index is 12.5. The Kier molecular flexibility index (Phi) is 2.93. The predicted molar refractivity (Wildman–Crippen MR) is 45.4 cm³/mol. The van der Waals surface area contributed by atoms with Crippen molar-refractivity contribution in [3.63, 3.8) is 0 Å². The second kappa shape index (κ2) is 3.76. The van der Waals surface area contributed by atoms with Gasteiger partial charge in [0.05, 0.1) is 0 Å². The van der Waals surface area contributed by atoms with E-state index in [4.69, 9.17) is 0 Å². The first-order chi connectivity index (χ1) is 7.24. The summed E-state index contributed by atoms with van der Waals surface area (Å²) in [5, 5.41) is 1.58. The molecule has 0 radical (unpaired) electrons. The minimum Gasteiger partial charge on any atom is -0.316 e. The van der Waals surface area contributed by atoms with Crippen LogP contribution in [0, 0.1) is 0 Å². The fourth-order valence-corrected chi connectivity index (χ4v) is 1.27. The van der Waals surface area contributed by atoms with Gasteiger partial charge in [0.15, 0.2) is 0 Å². The van der Waals surface area contributed by atoms with Gasteiger partial charge < -0.3 is 10.1 Å². The molecule has 1 unspecified atom stereocenters. The molecular formula is C8H9F3N2O3. The molecule has 1 aliphatic heterocycles. The third-order valence-electron chi connectivity index (χ3n) is 2.31. The molecule has 8 heteroatoms. The lowest BCUT2D eigenvalue weighted by molar-refractivity contribution is -0.191. The van der Waals surface area contributed by atoms with E-state index in [1.54, 1.807) is 5.32 Å². The number of nitrogens with zero attached hydrogens (tertiary/aromatic N) is 1. The van der Waals surface area contributed by atoms with Crippen LogP contribution in [-0.4, -0.2) is 41.4 Å². The highest BCUT2D eigenvalue weighted by Crippen LogP contribution is 2.34. The van der Waals surface area contributed by atoms with Crippen LogP contribution in [0.4, 0.5) is 18.0 Å². The summed E-state index contributed by atoms with van der Waals surface area (Å²) in [6, 6.07) is -1.13. The molecular weight excluding hydrogens is 229 g/mol. The summed E-state index contributed by atoms with van der Waals surface area (Å²) in [5.41, 5.74) is -2.90. The van der Waals surface area contributed by atoms with Gasteiger partial charge in [-0.15, -0.1) is 0 Å². The predicted octanol–water partition coefficient (Wildman–Crippen LogP) is 0.448. The number of hydrogen-bond acceptors (Lipinski definition) is 3. The molecule has 0 bridgehead atoms. The molecule has 0 aliphatic carbocycles. The van der Waals surface area contributed by atoms with Gasteiger partial charge in [-0.3, -0.25) is 9.69 Å². The van der Waals surface area contributed by atoms with Crippen LogP contribution in [0.25, 0.3) is 0 Å². The van der Waals surface area contributed by atoms with Gasteiger partial charge in [0.1, 0.15) is 6.29 Å². The van der Waals surface area contributed by atoms with Crippen molar-refractivity contribution in [1.29, 1.82) is 0 Å². The van der Waals surface area contributed by atoms with Crippen LogP contribution in [0.5, 0.6) is 0 Å². The van der Waals surface area contributed by atoms with Crippen molar-refractivity contribution in [2.75, 3.05) is 6.54 Å². The van der Waals surface area contributed by atoms with E-state index in [1.807, 2.05) is 0 Å². The van der Waals surface area contributed by atoms with Gasteiger partial charge in [0.25, 0.3) is 5.91 Å². The summed E-state index contributed by atoms with van der Waals surface area (Å²) in [7, 11) is 0. The maximum absolute atomic E-state index is 12.5. The van der Waals surface area contributed by atoms with E-state index in [1.165, 1.54) is 0 Å². The Labute approximate surface area is 88.6 Å². The van der Waals surface area contributed by atoms with Gasteiger partial charge in [0, 0.05) is 13.0 Å². The second-order valence-corrected chi connectivity index (χ2v) is 3.47. The number of carbonyl (C=O) groups is 3. The molecule has 0 saturated carbocycles. The van der Waals surface area contributed by atoms with Gasteiger partial charge in [0.2, 0.25) is 5.54 Å². The first-order valence-electron chi connectivity index (χ1n) is 4.38. The third-order valence-corrected chi connectivity index (χ3v) is 2.31. The van der Waals surface area contributed by atoms with Crippen molar-refractivity contribution in [2.45, 2.75) is 25.1 Å². The highest BCUT2D eigenvalue weighted by Gasteiger charge is 2.64. The molecule has 16 heavy (non-hydrogen) atoms. The lowest BCUT2D eigenvalue weighted by Gasteiger charge is -2.24. The van der Waals surface area contributed by atoms with E-state index >= 15 is 0 Å². The van der Waals surface area contributed by atoms with Gasteiger partial charge >= 0.3 is 12.2 Å². The molecule has 0 aromatic heterocycles. The Hall–Kier alpha value is -1.60. The standard InChI is InChI=1S/C8H9F3N2O3/c1-7(8(9,10)11)5(15)13(3-2-4-14)6(16)12-7/h4H,2-3H2,1H3,(H,12,16). The molecule has 0 spiro atoms. The number of aldehydes is 1. The molecule has 1 heterocycles. The van der Waals surface area contributed by atoms with Crippen molar-refractivity contribution >= 4 is 18.2 Å². The molecule has 1 atom stereocenters. The molecule has 5 nitrogen and oxygen atoms in total. The zero-order valence-corrected chi connectivity index (χ0v) is 8.30. The number of alkyl halides is 3. The number of halogens is 3. The van der Waals surface area contributed by atoms with Gasteiger partial charge in [-0.2, -0.15) is 13.2 Å². The van der Waals surface area contributed by atoms with Crippen LogP contribution in [-0.2, 0) is 9.59 Å². The molecule has 1 rings (SSSR count). The van der Waals surface area contributed by atoms with E-state index in [-0.39, 0.29) is 13.0 Å². The smallest absolute Gasteiger partial charge is 0.316 e. The highest BCUT2D eigenvalue weighted by molar-refractivity contribution is 6.07. The number of imide groups is 1. The SMILES string of the molecule is CC1(C(F)(F)F)NC(=O)N(CCC=O)C1=O. The van der Waals surface area contributed by atoms with Crippen LogP contribution in [0.15, 0.2) is 0 Å². The Morgan fingerprint density at radius 3 is 2.38 bits per heavy atom. The zero-order valence-electron chi connectivity index (χ0n) is 8.30. The van der Waals surface area contributed by atoms with Crippen molar-refractivity contribution in [3.8, 4) is 0 Å². The molecule has 0 aromatic carbocycles. The van der Waals surface area contributed by atoms with Crippen LogP contribution in [0.3, 0.4) is 0 Å². The molecule has 3 amide bonds. The summed E-state index contributed by atoms with van der Waals surface area (Å²) < 4.78 is 37.6. The fourth-order valence-electron chi connectivity index (χ4n) is 1.27. The Balaban J connectivity index is 2.94. The lowest BCUT2D eigenvalue weighted by Crippen LogP contribution is -2.56. The average molecular weight is 238 g/mol. The Bertz CT molecular complexity index is 342. The normalized spacial score (nSPS) is 25.9. The number of rotatable bonds is 3. The number of carbonyl (C=O) groups excluding carboxylic acids is 3. The first-order valence-corrected chi connectivity index (χ1v) is 4.38. The third kappa shape index (κ3) is 1.74. The largest absolute Gasteiger partial charge is 0.420 e. The van der Waals surface area contributed by atoms with E-state index in [0.717, 1.165) is 0 Å². The molecule has 0 aromatic rings. The van der Waals surface area contributed by atoms with E-state index in [0.29, 0.717) is 18.1 Å². The van der Waals surface area contributed by atoms with Crippen molar-refractivity contribution in [2.24, 2.45) is 0 Å². The van der Waals surface area contributed by atoms with Crippen molar-refractivity contribution in [3.05, 3.63) is 0 Å². The molecule has 1 N–H and O–H groups in total. The summed E-state index contributed by atoms with van der Waals surface area (Å²) in [6.07, 6.45) is -4.63. The van der Waals surface area contributed by atoms with Crippen LogP contribution in [0.2, 0.25) is 0 Å². The van der Waals surface area contributed by atoms with E-state index < -0.39 is 23.7 Å². The average Bonchev–Trinajstić information content (AvgIpc) is 2.36. The van der Waals surface area contributed by atoms with Gasteiger partial charge in [-0.1, -0.05) is 0 Å². The quantitative estimate of drug-likeness (QED) is 0.573. The topological polar surface area (TPSA) is 66.5 Å². The van der Waals surface area contributed by atoms with Gasteiger partial charge in [-0.05, 0) is 6.92 Å². The minimum absolute atomic E-state index is 0.187. The maximum Gasteiger partial charge on any atom is 0.420 e. The molecule has 1 aliphatic rings. The molecule has 1 fully saturated rings. The van der Waals surface area contributed by atoms with E-state index in [9.17, 15) is 27.6 Å². The summed E-state index contributed by atoms with van der Waals surface area (Å²) in [5.74, 6) is -1.38. The van der Waals surface area contributed by atoms with Crippen LogP contribution >= 0.6 is 0 Å². The molecule has 90 valence electrons. The minimum atomic E-state index is -4.87. The van der Waals surface area contributed by atoms with E-state index in [2.05, 4.69) is 0 Å². The Morgan fingerprint density at radius 1 is 1.44 bits per heavy atom. The van der Waals surface area contributed by atoms with Gasteiger partial charge in [-0.25, -0.2) is 4.79 Å². The summed E-state index contributed by atoms with van der Waals surface area (Å²) in [4.78, 5) is 33.0. The zero-order chi connectivity index (χ0) is 12.6. The number of amides is 3. The summed E-state index contributed by atoms with van der Waals surface area (Å²) in [6.45, 7) is 0.244. The molecule has 1 saturated heterocycles. The van der Waals surface area contributed by atoms with Crippen LogP contribution < -0.4 is 5.32 Å². The Morgan fingerprint density at radius 2 is 2.00 bits per heavy atom. The number of hydrogen-bond donors (Lipinski definition) is 1. The lowest BCUT2D eigenvalue weighted by atomic mass is 10.0. The fraction of sp³-hybridized carbons (Fsp3) is 0.625. The van der Waals surface area contributed by atoms with Crippen molar-refractivity contribution < 1.29 is 27.6 Å². The number of urea groups is 1. The second-order valence-electron chi connectivity index (χ2n) is 3.47. The van der Waals surface area contributed by atoms with Crippen molar-refractivity contribution in [1.82, 2.24) is 10.2 Å². The number of nitrogens with one attached hydrogen (secondary N) is 1. The van der Waals surface area contributed by atoms with Crippen LogP contribution in [0.1, 0.15) is 13.3 Å². The highest BCUT2D eigenvalue weighted by atomic mass is 19.4. The summed E-state index contributed by atoms with van der Waals surface area (Å²) >= 11 is 0.